The van der Waals surface area contributed by atoms with Gasteiger partial charge in [-0.05, 0) is 17.5 Å². The maximum atomic E-state index is 8.97. The Balaban J connectivity index is 2.17. The van der Waals surface area contributed by atoms with Crippen LogP contribution in [0.15, 0.2) is 23.9 Å². The predicted octanol–water partition coefficient (Wildman–Crippen LogP) is 1.43. The van der Waals surface area contributed by atoms with Crippen molar-refractivity contribution in [2.45, 2.75) is 12.1 Å². The summed E-state index contributed by atoms with van der Waals surface area (Å²) in [5.41, 5.74) is 0. The lowest BCUT2D eigenvalue weighted by Gasteiger charge is -2.07. The second-order valence-corrected chi connectivity index (χ2v) is 5.08. The van der Waals surface area contributed by atoms with Gasteiger partial charge in [-0.3, -0.25) is 4.57 Å². The van der Waals surface area contributed by atoms with Gasteiger partial charge in [0.25, 0.3) is 0 Å². The first-order valence-electron chi connectivity index (χ1n) is 5.32. The third-order valence-electron chi connectivity index (χ3n) is 2.12. The molecule has 2 heterocycles. The molecule has 1 N–H and O–H groups in total. The van der Waals surface area contributed by atoms with Crippen molar-refractivity contribution < 1.29 is 5.11 Å². The molecule has 96 valence electrons. The van der Waals surface area contributed by atoms with Crippen LogP contribution in [-0.2, 0) is 0 Å². The molecule has 2 aromatic heterocycles. The standard InChI is InChI=1S/C10H12ClN5OS/c1-7(4-17)5-18-10-14-8(11)13-9(15-10)16-3-2-12-6-16/h2-3,6-7,17H,4-5H2,1H3. The van der Waals surface area contributed by atoms with Crippen LogP contribution in [0.25, 0.3) is 5.95 Å². The average Bonchev–Trinajstić information content (AvgIpc) is 2.89. The maximum absolute atomic E-state index is 8.97. The van der Waals surface area contributed by atoms with Crippen LogP contribution in [-0.4, -0.2) is 42.0 Å². The highest BCUT2D eigenvalue weighted by Crippen LogP contribution is 2.18. The lowest BCUT2D eigenvalue weighted by molar-refractivity contribution is 0.250. The molecule has 1 unspecified atom stereocenters. The number of imidazole rings is 1. The van der Waals surface area contributed by atoms with Crippen LogP contribution in [0.5, 0.6) is 0 Å². The Kier molecular flexibility index (Phi) is 4.51. The van der Waals surface area contributed by atoms with E-state index in [9.17, 15) is 0 Å². The fourth-order valence-electron chi connectivity index (χ4n) is 1.15. The van der Waals surface area contributed by atoms with Crippen molar-refractivity contribution in [3.05, 3.63) is 24.0 Å². The van der Waals surface area contributed by atoms with Gasteiger partial charge in [0.15, 0.2) is 5.16 Å². The molecule has 2 rings (SSSR count). The number of hydrogen-bond donors (Lipinski definition) is 1. The highest BCUT2D eigenvalue weighted by Gasteiger charge is 2.09. The van der Waals surface area contributed by atoms with Crippen LogP contribution in [0, 0.1) is 5.92 Å². The Hall–Kier alpha value is -1.18. The number of rotatable bonds is 5. The number of hydrogen-bond acceptors (Lipinski definition) is 6. The summed E-state index contributed by atoms with van der Waals surface area (Å²) < 4.78 is 1.66. The van der Waals surface area contributed by atoms with Crippen LogP contribution in [0.4, 0.5) is 0 Å². The predicted molar refractivity (Wildman–Crippen MR) is 68.9 cm³/mol. The monoisotopic (exact) mass is 285 g/mol. The minimum absolute atomic E-state index is 0.139. The smallest absolute Gasteiger partial charge is 0.240 e. The number of halogens is 1. The van der Waals surface area contributed by atoms with Gasteiger partial charge in [-0.15, -0.1) is 0 Å². The van der Waals surface area contributed by atoms with E-state index in [0.717, 1.165) is 5.75 Å². The molecular formula is C10H12ClN5OS. The van der Waals surface area contributed by atoms with Gasteiger partial charge in [0.1, 0.15) is 6.33 Å². The molecule has 0 aliphatic rings. The molecule has 0 radical (unpaired) electrons. The van der Waals surface area contributed by atoms with E-state index in [1.165, 1.54) is 11.8 Å². The first-order valence-corrected chi connectivity index (χ1v) is 6.69. The second kappa shape index (κ2) is 6.12. The molecule has 2 aromatic rings. The lowest BCUT2D eigenvalue weighted by atomic mass is 10.2. The fraction of sp³-hybridized carbons (Fsp3) is 0.400. The molecule has 1 atom stereocenters. The van der Waals surface area contributed by atoms with Gasteiger partial charge in [-0.1, -0.05) is 18.7 Å². The molecule has 0 amide bonds. The molecule has 0 saturated carbocycles. The first kappa shape index (κ1) is 13.3. The normalized spacial score (nSPS) is 12.6. The fourth-order valence-corrected chi connectivity index (χ4v) is 2.19. The zero-order valence-corrected chi connectivity index (χ0v) is 11.3. The Morgan fingerprint density at radius 3 is 2.94 bits per heavy atom. The molecule has 0 saturated heterocycles. The summed E-state index contributed by atoms with van der Waals surface area (Å²) in [6.07, 6.45) is 4.96. The Morgan fingerprint density at radius 1 is 1.44 bits per heavy atom. The molecular weight excluding hydrogens is 274 g/mol. The van der Waals surface area contributed by atoms with Gasteiger partial charge in [-0.2, -0.15) is 15.0 Å². The van der Waals surface area contributed by atoms with E-state index in [2.05, 4.69) is 19.9 Å². The van der Waals surface area contributed by atoms with E-state index in [-0.39, 0.29) is 17.8 Å². The van der Waals surface area contributed by atoms with Crippen molar-refractivity contribution >= 4 is 23.4 Å². The molecule has 0 fully saturated rings. The van der Waals surface area contributed by atoms with Gasteiger partial charge in [0.2, 0.25) is 11.2 Å². The van der Waals surface area contributed by atoms with Crippen LogP contribution in [0.2, 0.25) is 5.28 Å². The highest BCUT2D eigenvalue weighted by molar-refractivity contribution is 7.99. The quantitative estimate of drug-likeness (QED) is 0.838. The second-order valence-electron chi connectivity index (χ2n) is 3.76. The molecule has 0 bridgehead atoms. The maximum Gasteiger partial charge on any atom is 0.240 e. The molecule has 18 heavy (non-hydrogen) atoms. The summed E-state index contributed by atoms with van der Waals surface area (Å²) in [5.74, 6) is 1.34. The molecule has 8 heteroatoms. The molecule has 6 nitrogen and oxygen atoms in total. The summed E-state index contributed by atoms with van der Waals surface area (Å²) in [6.45, 7) is 2.09. The first-order chi connectivity index (χ1) is 8.69. The van der Waals surface area contributed by atoms with Crippen molar-refractivity contribution in [3.8, 4) is 5.95 Å². The molecule has 0 aliphatic heterocycles. The Morgan fingerprint density at radius 2 is 2.28 bits per heavy atom. The van der Waals surface area contributed by atoms with E-state index < -0.39 is 0 Å². The lowest BCUT2D eigenvalue weighted by Crippen LogP contribution is -2.06. The SMILES string of the molecule is CC(CO)CSc1nc(Cl)nc(-n2ccnc2)n1. The van der Waals surface area contributed by atoms with E-state index in [0.29, 0.717) is 11.1 Å². The summed E-state index contributed by atoms with van der Waals surface area (Å²) in [5, 5.41) is 9.65. The summed E-state index contributed by atoms with van der Waals surface area (Å²) in [7, 11) is 0. The Bertz CT molecular complexity index is 507. The third-order valence-corrected chi connectivity index (χ3v) is 3.47. The van der Waals surface area contributed by atoms with Crippen LogP contribution >= 0.6 is 23.4 Å². The van der Waals surface area contributed by atoms with E-state index in [4.69, 9.17) is 16.7 Å². The zero-order chi connectivity index (χ0) is 13.0. The van der Waals surface area contributed by atoms with Gasteiger partial charge < -0.3 is 5.11 Å². The van der Waals surface area contributed by atoms with E-state index in [1.54, 1.807) is 23.3 Å². The summed E-state index contributed by atoms with van der Waals surface area (Å²) in [6, 6.07) is 0. The summed E-state index contributed by atoms with van der Waals surface area (Å²) >= 11 is 7.30. The number of nitrogens with zero attached hydrogens (tertiary/aromatic N) is 5. The van der Waals surface area contributed by atoms with Crippen LogP contribution in [0.3, 0.4) is 0 Å². The number of thioether (sulfide) groups is 1. The average molecular weight is 286 g/mol. The van der Waals surface area contributed by atoms with Gasteiger partial charge in [0.05, 0.1) is 0 Å². The van der Waals surface area contributed by atoms with Gasteiger partial charge >= 0.3 is 0 Å². The van der Waals surface area contributed by atoms with Crippen LogP contribution in [0.1, 0.15) is 6.92 Å². The van der Waals surface area contributed by atoms with Crippen molar-refractivity contribution in [1.29, 1.82) is 0 Å². The van der Waals surface area contributed by atoms with E-state index >= 15 is 0 Å². The largest absolute Gasteiger partial charge is 0.396 e. The minimum atomic E-state index is 0.139. The van der Waals surface area contributed by atoms with E-state index in [1.807, 2.05) is 6.92 Å². The third kappa shape index (κ3) is 3.41. The topological polar surface area (TPSA) is 76.7 Å². The highest BCUT2D eigenvalue weighted by atomic mass is 35.5. The van der Waals surface area contributed by atoms with Crippen molar-refractivity contribution in [3.63, 3.8) is 0 Å². The summed E-state index contributed by atoms with van der Waals surface area (Å²) in [4.78, 5) is 16.3. The molecule has 0 aromatic carbocycles. The van der Waals surface area contributed by atoms with Crippen molar-refractivity contribution in [2.24, 2.45) is 5.92 Å². The molecule has 0 aliphatic carbocycles. The van der Waals surface area contributed by atoms with Crippen LogP contribution < -0.4 is 0 Å². The number of aliphatic hydroxyl groups is 1. The van der Waals surface area contributed by atoms with Crippen molar-refractivity contribution in [2.75, 3.05) is 12.4 Å². The number of aliphatic hydroxyl groups excluding tert-OH is 1. The van der Waals surface area contributed by atoms with Crippen molar-refractivity contribution in [1.82, 2.24) is 24.5 Å². The van der Waals surface area contributed by atoms with Gasteiger partial charge in [-0.25, -0.2) is 4.98 Å². The Labute approximate surface area is 113 Å². The molecule has 0 spiro atoms. The zero-order valence-electron chi connectivity index (χ0n) is 9.69. The minimum Gasteiger partial charge on any atom is -0.396 e. The number of aromatic nitrogens is 5. The van der Waals surface area contributed by atoms with Gasteiger partial charge in [0, 0.05) is 24.8 Å².